The Kier molecular flexibility index (Phi) is 2.45. The van der Waals surface area contributed by atoms with Gasteiger partial charge in [0.25, 0.3) is 0 Å². The molecule has 19 heavy (non-hydrogen) atoms. The molecule has 0 bridgehead atoms. The van der Waals surface area contributed by atoms with Crippen molar-refractivity contribution in [3.8, 4) is 0 Å². The average molecular weight is 261 g/mol. The normalized spacial score (nSPS) is 21.6. The molecule has 1 aliphatic carbocycles. The van der Waals surface area contributed by atoms with Gasteiger partial charge >= 0.3 is 5.97 Å². The van der Waals surface area contributed by atoms with E-state index in [9.17, 15) is 14.0 Å². The molecule has 0 spiro atoms. The second kappa shape index (κ2) is 3.91. The summed E-state index contributed by atoms with van der Waals surface area (Å²) in [7, 11) is 0. The zero-order chi connectivity index (χ0) is 13.7. The van der Waals surface area contributed by atoms with Crippen LogP contribution in [0.4, 0.5) is 4.39 Å². The number of carboxylic acid groups (broad SMARTS) is 1. The maximum absolute atomic E-state index is 13.3. The van der Waals surface area contributed by atoms with E-state index in [0.29, 0.717) is 17.3 Å². The highest BCUT2D eigenvalue weighted by molar-refractivity contribution is 5.93. The predicted octanol–water partition coefficient (Wildman–Crippen LogP) is 2.29. The van der Waals surface area contributed by atoms with Crippen LogP contribution in [-0.2, 0) is 0 Å². The number of alkyl halides is 1. The van der Waals surface area contributed by atoms with Crippen LogP contribution >= 0.6 is 0 Å². The highest BCUT2D eigenvalue weighted by Gasteiger charge is 2.40. The first-order chi connectivity index (χ1) is 9.00. The molecule has 2 unspecified atom stereocenters. The number of hydrogen-bond donors (Lipinski definition) is 1. The number of rotatable bonds is 2. The van der Waals surface area contributed by atoms with Gasteiger partial charge in [-0.2, -0.15) is 0 Å². The number of aryl methyl sites for hydroxylation is 1. The number of carbonyl (C=O) groups is 1. The van der Waals surface area contributed by atoms with E-state index in [1.54, 1.807) is 16.7 Å². The third-order valence-electron chi connectivity index (χ3n) is 3.52. The van der Waals surface area contributed by atoms with Gasteiger partial charge < -0.3 is 9.67 Å². The van der Waals surface area contributed by atoms with E-state index in [1.165, 1.54) is 6.20 Å². The molecule has 5 heteroatoms. The minimum absolute atomic E-state index is 0.308. The average Bonchev–Trinajstić information content (AvgIpc) is 3.07. The number of para-hydroxylation sites is 1. The molecule has 1 aromatic carbocycles. The lowest BCUT2D eigenvalue weighted by molar-refractivity contribution is 0.0694. The molecule has 0 saturated heterocycles. The van der Waals surface area contributed by atoms with Crippen LogP contribution in [0.15, 0.2) is 29.2 Å². The van der Waals surface area contributed by atoms with Crippen molar-refractivity contribution in [2.24, 2.45) is 0 Å². The molecule has 1 aromatic heterocycles. The van der Waals surface area contributed by atoms with Crippen LogP contribution in [0.2, 0.25) is 0 Å². The van der Waals surface area contributed by atoms with E-state index in [0.717, 1.165) is 5.56 Å². The number of aromatic nitrogens is 1. The van der Waals surface area contributed by atoms with Crippen molar-refractivity contribution in [3.05, 3.63) is 45.7 Å². The fraction of sp³-hybridized carbons (Fsp3) is 0.286. The van der Waals surface area contributed by atoms with Crippen LogP contribution in [0.1, 0.15) is 28.4 Å². The Morgan fingerprint density at radius 1 is 1.47 bits per heavy atom. The Hall–Kier alpha value is -2.17. The summed E-state index contributed by atoms with van der Waals surface area (Å²) < 4.78 is 14.9. The molecule has 1 aliphatic rings. The van der Waals surface area contributed by atoms with Gasteiger partial charge in [-0.05, 0) is 18.6 Å². The van der Waals surface area contributed by atoms with Crippen LogP contribution in [0.5, 0.6) is 0 Å². The van der Waals surface area contributed by atoms with Crippen molar-refractivity contribution < 1.29 is 14.3 Å². The van der Waals surface area contributed by atoms with E-state index < -0.39 is 17.6 Å². The number of benzene rings is 1. The van der Waals surface area contributed by atoms with Crippen molar-refractivity contribution in [2.75, 3.05) is 0 Å². The number of fused-ring (bicyclic) bond motifs is 1. The van der Waals surface area contributed by atoms with E-state index in [4.69, 9.17) is 5.11 Å². The van der Waals surface area contributed by atoms with Gasteiger partial charge in [0, 0.05) is 18.0 Å². The number of hydrogen-bond acceptors (Lipinski definition) is 2. The molecular weight excluding hydrogens is 249 g/mol. The number of nitrogens with zero attached hydrogens (tertiary/aromatic N) is 1. The summed E-state index contributed by atoms with van der Waals surface area (Å²) in [5.74, 6) is -1.28. The molecule has 1 heterocycles. The van der Waals surface area contributed by atoms with Gasteiger partial charge in [-0.1, -0.05) is 12.1 Å². The number of aromatic carboxylic acids is 1. The van der Waals surface area contributed by atoms with Gasteiger partial charge in [0.1, 0.15) is 11.7 Å². The van der Waals surface area contributed by atoms with Crippen LogP contribution in [-0.4, -0.2) is 21.8 Å². The van der Waals surface area contributed by atoms with Crippen LogP contribution in [0.25, 0.3) is 10.9 Å². The number of carboxylic acids is 1. The lowest BCUT2D eigenvalue weighted by Gasteiger charge is -2.13. The van der Waals surface area contributed by atoms with Gasteiger partial charge in [0.15, 0.2) is 0 Å². The van der Waals surface area contributed by atoms with E-state index in [-0.39, 0.29) is 11.6 Å². The van der Waals surface area contributed by atoms with Gasteiger partial charge in [0.2, 0.25) is 5.43 Å². The first-order valence-corrected chi connectivity index (χ1v) is 6.02. The Labute approximate surface area is 108 Å². The smallest absolute Gasteiger partial charge is 0.341 e. The second-order valence-electron chi connectivity index (χ2n) is 4.87. The quantitative estimate of drug-likeness (QED) is 0.902. The zero-order valence-electron chi connectivity index (χ0n) is 10.3. The van der Waals surface area contributed by atoms with Crippen molar-refractivity contribution in [2.45, 2.75) is 25.6 Å². The van der Waals surface area contributed by atoms with Gasteiger partial charge in [-0.15, -0.1) is 0 Å². The molecule has 1 fully saturated rings. The third kappa shape index (κ3) is 1.73. The monoisotopic (exact) mass is 261 g/mol. The summed E-state index contributed by atoms with van der Waals surface area (Å²) in [4.78, 5) is 23.2. The largest absolute Gasteiger partial charge is 0.477 e. The highest BCUT2D eigenvalue weighted by Crippen LogP contribution is 2.40. The molecule has 0 aliphatic heterocycles. The molecule has 3 rings (SSSR count). The fourth-order valence-electron chi connectivity index (χ4n) is 2.45. The van der Waals surface area contributed by atoms with E-state index in [1.807, 2.05) is 13.0 Å². The summed E-state index contributed by atoms with van der Waals surface area (Å²) in [6, 6.07) is 4.76. The van der Waals surface area contributed by atoms with Crippen molar-refractivity contribution in [3.63, 3.8) is 0 Å². The molecule has 2 atom stereocenters. The van der Waals surface area contributed by atoms with Crippen LogP contribution in [0.3, 0.4) is 0 Å². The minimum atomic E-state index is -1.28. The summed E-state index contributed by atoms with van der Waals surface area (Å²) in [6.45, 7) is 1.83. The Bertz CT molecular complexity index is 750. The summed E-state index contributed by atoms with van der Waals surface area (Å²) >= 11 is 0. The topological polar surface area (TPSA) is 59.3 Å². The first-order valence-electron chi connectivity index (χ1n) is 6.02. The maximum atomic E-state index is 13.3. The van der Waals surface area contributed by atoms with Gasteiger partial charge in [-0.25, -0.2) is 9.18 Å². The SMILES string of the molecule is Cc1cccc2c(=O)c(C(=O)O)cn(C3CC3F)c12. The van der Waals surface area contributed by atoms with Crippen LogP contribution < -0.4 is 5.43 Å². The zero-order valence-corrected chi connectivity index (χ0v) is 10.3. The molecule has 98 valence electrons. The van der Waals surface area contributed by atoms with Crippen molar-refractivity contribution in [1.29, 1.82) is 0 Å². The van der Waals surface area contributed by atoms with E-state index >= 15 is 0 Å². The highest BCUT2D eigenvalue weighted by atomic mass is 19.1. The van der Waals surface area contributed by atoms with Crippen LogP contribution in [0, 0.1) is 6.92 Å². The first kappa shape index (κ1) is 11.9. The van der Waals surface area contributed by atoms with Gasteiger partial charge in [0.05, 0.1) is 11.6 Å². The fourth-order valence-corrected chi connectivity index (χ4v) is 2.45. The second-order valence-corrected chi connectivity index (χ2v) is 4.87. The number of halogens is 1. The summed E-state index contributed by atoms with van der Waals surface area (Å²) in [5.41, 5.74) is 0.643. The molecule has 0 radical (unpaired) electrons. The van der Waals surface area contributed by atoms with Crippen molar-refractivity contribution in [1.82, 2.24) is 4.57 Å². The maximum Gasteiger partial charge on any atom is 0.341 e. The molecule has 1 saturated carbocycles. The lowest BCUT2D eigenvalue weighted by atomic mass is 10.1. The summed E-state index contributed by atoms with van der Waals surface area (Å²) in [6.07, 6.45) is 0.669. The lowest BCUT2D eigenvalue weighted by Crippen LogP contribution is -2.19. The summed E-state index contributed by atoms with van der Waals surface area (Å²) in [5, 5.41) is 9.41. The molecule has 1 N–H and O–H groups in total. The number of pyridine rings is 1. The molecule has 4 nitrogen and oxygen atoms in total. The van der Waals surface area contributed by atoms with E-state index in [2.05, 4.69) is 0 Å². The van der Waals surface area contributed by atoms with Crippen molar-refractivity contribution >= 4 is 16.9 Å². The Morgan fingerprint density at radius 3 is 2.74 bits per heavy atom. The predicted molar refractivity (Wildman–Crippen MR) is 68.5 cm³/mol. The minimum Gasteiger partial charge on any atom is -0.477 e. The van der Waals surface area contributed by atoms with Gasteiger partial charge in [-0.3, -0.25) is 4.79 Å². The third-order valence-corrected chi connectivity index (χ3v) is 3.52. The molecule has 2 aromatic rings. The standard InChI is InChI=1S/C14H12FNO3/c1-7-3-2-4-8-12(7)16(11-5-10(11)15)6-9(13(8)17)14(18)19/h2-4,6,10-11H,5H2,1H3,(H,18,19). The molecular formula is C14H12FNO3. The molecule has 0 amide bonds. The Morgan fingerprint density at radius 2 is 2.16 bits per heavy atom. The Balaban J connectivity index is 2.43.